The smallest absolute Gasteiger partial charge is 0.365 e. The van der Waals surface area contributed by atoms with Crippen LogP contribution in [-0.2, 0) is 24.2 Å². The summed E-state index contributed by atoms with van der Waals surface area (Å²) in [5, 5.41) is 9.40. The van der Waals surface area contributed by atoms with Crippen molar-refractivity contribution in [1.29, 1.82) is 5.26 Å². The molecule has 2 atom stereocenters. The van der Waals surface area contributed by atoms with Crippen LogP contribution in [0.5, 0.6) is 0 Å². The Bertz CT molecular complexity index is 1250. The summed E-state index contributed by atoms with van der Waals surface area (Å²) in [5.74, 6) is -0.735. The van der Waals surface area contributed by atoms with E-state index in [0.29, 0.717) is 26.2 Å². The molecule has 1 saturated heterocycles. The second-order valence-electron chi connectivity index (χ2n) is 9.74. The largest absolute Gasteiger partial charge is 0.373 e. The molecular formula is C27H30FN6O+. The highest BCUT2D eigenvalue weighted by atomic mass is 19.1. The summed E-state index contributed by atoms with van der Waals surface area (Å²) in [6, 6.07) is 10.4. The van der Waals surface area contributed by atoms with Crippen molar-refractivity contribution < 1.29 is 13.7 Å². The number of carbonyl (C=O) groups is 1. The van der Waals surface area contributed by atoms with Gasteiger partial charge in [-0.2, -0.15) is 9.65 Å². The predicted octanol–water partition coefficient (Wildman–Crippen LogP) is 3.38. The van der Waals surface area contributed by atoms with Crippen LogP contribution in [0.2, 0.25) is 0 Å². The van der Waals surface area contributed by atoms with Gasteiger partial charge in [0.1, 0.15) is 24.7 Å². The zero-order valence-corrected chi connectivity index (χ0v) is 20.1. The van der Waals surface area contributed by atoms with Crippen LogP contribution in [-0.4, -0.2) is 64.5 Å². The highest BCUT2D eigenvalue weighted by molar-refractivity contribution is 5.85. The maximum absolute atomic E-state index is 13.8. The molecule has 0 N–H and O–H groups in total. The monoisotopic (exact) mass is 473 g/mol. The van der Waals surface area contributed by atoms with Gasteiger partial charge in [0, 0.05) is 23.4 Å². The highest BCUT2D eigenvalue weighted by Crippen LogP contribution is 2.35. The standard InChI is InChI=1S/C27H30FN6O/c1-19(28)27(35)34(2)15-14-33(16-21(34)10-12-29)26-23-11-13-32(17-24(23)30-18-31-26)25-9-5-7-20-6-3-4-8-22(20)25/h3-4,6,8-9,18,21H,1,5,7,10-11,13-17H2,2H3/q+1/t21-,34?/m0/s1. The van der Waals surface area contributed by atoms with E-state index in [-0.39, 0.29) is 16.9 Å². The van der Waals surface area contributed by atoms with E-state index in [0.717, 1.165) is 42.9 Å². The Balaban J connectivity index is 1.39. The Hall–Kier alpha value is -3.57. The van der Waals surface area contributed by atoms with Crippen LogP contribution in [0.4, 0.5) is 10.2 Å². The Labute approximate surface area is 205 Å². The van der Waals surface area contributed by atoms with Crippen molar-refractivity contribution in [2.24, 2.45) is 0 Å². The number of allylic oxidation sites excluding steroid dienone is 1. The van der Waals surface area contributed by atoms with Crippen molar-refractivity contribution in [3.8, 4) is 6.07 Å². The number of carbonyl (C=O) groups excluding carboxylic acids is 1. The van der Waals surface area contributed by atoms with Crippen LogP contribution in [0.25, 0.3) is 5.70 Å². The van der Waals surface area contributed by atoms with Crippen molar-refractivity contribution in [2.75, 3.05) is 38.1 Å². The number of aryl methyl sites for hydroxylation is 1. The molecule has 0 spiro atoms. The molecule has 0 radical (unpaired) electrons. The van der Waals surface area contributed by atoms with Gasteiger partial charge in [-0.05, 0) is 24.8 Å². The van der Waals surface area contributed by atoms with Crippen molar-refractivity contribution in [2.45, 2.75) is 38.3 Å². The highest BCUT2D eigenvalue weighted by Gasteiger charge is 2.46. The van der Waals surface area contributed by atoms with E-state index < -0.39 is 11.7 Å². The number of rotatable bonds is 4. The predicted molar refractivity (Wildman–Crippen MR) is 131 cm³/mol. The molecule has 3 aliphatic rings. The molecule has 1 aromatic heterocycles. The number of aromatic nitrogens is 2. The Morgan fingerprint density at radius 3 is 2.89 bits per heavy atom. The summed E-state index contributed by atoms with van der Waals surface area (Å²) in [7, 11) is 1.70. The van der Waals surface area contributed by atoms with Crippen molar-refractivity contribution >= 4 is 17.4 Å². The SMILES string of the molecule is C=C(F)C(=O)[N+]1(C)CCN(c2ncnc3c2CCN(C2=CCCc4ccccc42)C3)C[C@@H]1CC#N. The maximum atomic E-state index is 13.8. The molecule has 1 aliphatic carbocycles. The van der Waals surface area contributed by atoms with Gasteiger partial charge in [-0.1, -0.05) is 36.9 Å². The maximum Gasteiger partial charge on any atom is 0.373 e. The Kier molecular flexibility index (Phi) is 6.12. The van der Waals surface area contributed by atoms with E-state index in [1.807, 2.05) is 0 Å². The molecule has 180 valence electrons. The minimum atomic E-state index is -0.956. The zero-order valence-electron chi connectivity index (χ0n) is 20.1. The van der Waals surface area contributed by atoms with Crippen LogP contribution in [0.15, 0.2) is 49.1 Å². The molecular weight excluding hydrogens is 443 g/mol. The lowest BCUT2D eigenvalue weighted by molar-refractivity contribution is -0.859. The van der Waals surface area contributed by atoms with Gasteiger partial charge in [-0.3, -0.25) is 4.48 Å². The summed E-state index contributed by atoms with van der Waals surface area (Å²) >= 11 is 0. The molecule has 5 rings (SSSR count). The third-order valence-electron chi connectivity index (χ3n) is 7.76. The molecule has 2 aliphatic heterocycles. The Morgan fingerprint density at radius 2 is 2.09 bits per heavy atom. The number of hydrogen-bond donors (Lipinski definition) is 0. The van der Waals surface area contributed by atoms with E-state index >= 15 is 0 Å². The molecule has 0 saturated carbocycles. The quantitative estimate of drug-likeness (QED) is 0.501. The Morgan fingerprint density at radius 1 is 1.26 bits per heavy atom. The number of quaternary nitrogens is 1. The lowest BCUT2D eigenvalue weighted by atomic mass is 9.92. The fraction of sp³-hybridized carbons (Fsp3) is 0.407. The number of anilines is 1. The molecule has 3 heterocycles. The molecule has 1 aromatic carbocycles. The average Bonchev–Trinajstić information content (AvgIpc) is 2.88. The number of fused-ring (bicyclic) bond motifs is 2. The molecule has 0 bridgehead atoms. The van der Waals surface area contributed by atoms with E-state index in [1.54, 1.807) is 13.4 Å². The van der Waals surface area contributed by atoms with E-state index in [4.69, 9.17) is 0 Å². The normalized spacial score (nSPS) is 23.6. The van der Waals surface area contributed by atoms with Gasteiger partial charge >= 0.3 is 5.91 Å². The van der Waals surface area contributed by atoms with Crippen LogP contribution >= 0.6 is 0 Å². The molecule has 1 amide bonds. The molecule has 1 fully saturated rings. The van der Waals surface area contributed by atoms with Crippen LogP contribution < -0.4 is 4.90 Å². The number of halogens is 1. The second-order valence-corrected chi connectivity index (χ2v) is 9.74. The number of piperazine rings is 1. The van der Waals surface area contributed by atoms with Gasteiger partial charge in [-0.15, -0.1) is 0 Å². The zero-order chi connectivity index (χ0) is 24.6. The van der Waals surface area contributed by atoms with E-state index in [2.05, 4.69) is 62.8 Å². The first-order valence-electron chi connectivity index (χ1n) is 12.1. The summed E-state index contributed by atoms with van der Waals surface area (Å²) in [6.45, 7) is 6.18. The molecule has 7 nitrogen and oxygen atoms in total. The second kappa shape index (κ2) is 9.23. The van der Waals surface area contributed by atoms with Crippen molar-refractivity contribution in [3.05, 3.63) is 71.5 Å². The van der Waals surface area contributed by atoms with E-state index in [1.165, 1.54) is 16.8 Å². The first kappa shape index (κ1) is 23.2. The van der Waals surface area contributed by atoms with Gasteiger partial charge in [0.15, 0.2) is 0 Å². The van der Waals surface area contributed by atoms with Crippen molar-refractivity contribution in [1.82, 2.24) is 14.9 Å². The molecule has 35 heavy (non-hydrogen) atoms. The summed E-state index contributed by atoms with van der Waals surface area (Å²) in [6.07, 6.45) is 7.03. The van der Waals surface area contributed by atoms with Crippen LogP contribution in [0, 0.1) is 11.3 Å². The van der Waals surface area contributed by atoms with E-state index in [9.17, 15) is 14.4 Å². The third-order valence-corrected chi connectivity index (χ3v) is 7.76. The topological polar surface area (TPSA) is 73.1 Å². The number of nitrogens with zero attached hydrogens (tertiary/aromatic N) is 6. The van der Waals surface area contributed by atoms with Crippen LogP contribution in [0.1, 0.15) is 35.2 Å². The van der Waals surface area contributed by atoms with Crippen LogP contribution in [0.3, 0.4) is 0 Å². The average molecular weight is 474 g/mol. The van der Waals surface area contributed by atoms with Crippen molar-refractivity contribution in [3.63, 3.8) is 0 Å². The number of nitriles is 1. The fourth-order valence-electron chi connectivity index (χ4n) is 5.72. The first-order chi connectivity index (χ1) is 16.9. The number of likely N-dealkylation sites (N-methyl/N-ethyl adjacent to an activating group) is 1. The first-order valence-corrected chi connectivity index (χ1v) is 12.1. The van der Waals surface area contributed by atoms with Gasteiger partial charge in [0.05, 0.1) is 44.9 Å². The minimum Gasteiger partial charge on any atom is -0.365 e. The molecule has 2 aromatic rings. The summed E-state index contributed by atoms with van der Waals surface area (Å²) in [5.41, 5.74) is 6.12. The van der Waals surface area contributed by atoms with Gasteiger partial charge < -0.3 is 9.80 Å². The lowest BCUT2D eigenvalue weighted by Gasteiger charge is -2.46. The van der Waals surface area contributed by atoms with Gasteiger partial charge in [0.25, 0.3) is 0 Å². The number of hydrogen-bond acceptors (Lipinski definition) is 6. The fourth-order valence-corrected chi connectivity index (χ4v) is 5.72. The molecule has 1 unspecified atom stereocenters. The molecule has 8 heteroatoms. The number of amides is 1. The lowest BCUT2D eigenvalue weighted by Crippen LogP contribution is -2.66. The summed E-state index contributed by atoms with van der Waals surface area (Å²) in [4.78, 5) is 26.4. The third kappa shape index (κ3) is 4.10. The number of benzene rings is 1. The minimum absolute atomic E-state index is 0.145. The van der Waals surface area contributed by atoms with Gasteiger partial charge in [0.2, 0.25) is 5.83 Å². The van der Waals surface area contributed by atoms with Gasteiger partial charge in [-0.25, -0.2) is 14.8 Å². The summed E-state index contributed by atoms with van der Waals surface area (Å²) < 4.78 is 13.6.